The lowest BCUT2D eigenvalue weighted by Gasteiger charge is -2.05. The first kappa shape index (κ1) is 10.7. The Balaban J connectivity index is 2.44. The predicted molar refractivity (Wildman–Crippen MR) is 61.1 cm³/mol. The van der Waals surface area contributed by atoms with E-state index in [1.807, 2.05) is 19.9 Å². The van der Waals surface area contributed by atoms with Gasteiger partial charge in [0.05, 0.1) is 5.56 Å². The van der Waals surface area contributed by atoms with Crippen LogP contribution in [0.15, 0.2) is 28.6 Å². The van der Waals surface area contributed by atoms with E-state index in [1.165, 1.54) is 11.8 Å². The van der Waals surface area contributed by atoms with Gasteiger partial charge >= 0.3 is 0 Å². The topological polar surface area (TPSA) is 65.4 Å². The van der Waals surface area contributed by atoms with Crippen molar-refractivity contribution in [1.29, 1.82) is 5.26 Å². The van der Waals surface area contributed by atoms with Crippen LogP contribution in [-0.4, -0.2) is 15.0 Å². The summed E-state index contributed by atoms with van der Waals surface area (Å²) in [7, 11) is 0. The Hall–Kier alpha value is -1.80. The van der Waals surface area contributed by atoms with Gasteiger partial charge in [0.2, 0.25) is 0 Å². The summed E-state index contributed by atoms with van der Waals surface area (Å²) in [6.07, 6.45) is 3.42. The van der Waals surface area contributed by atoms with Crippen LogP contribution in [0.4, 0.5) is 0 Å². The lowest BCUT2D eigenvalue weighted by molar-refractivity contribution is 1.00. The van der Waals surface area contributed by atoms with E-state index in [-0.39, 0.29) is 0 Å². The van der Waals surface area contributed by atoms with Crippen LogP contribution >= 0.6 is 11.8 Å². The van der Waals surface area contributed by atoms with Crippen molar-refractivity contribution in [3.05, 3.63) is 35.3 Å². The minimum absolute atomic E-state index is 0.618. The highest BCUT2D eigenvalue weighted by Gasteiger charge is 2.10. The zero-order valence-electron chi connectivity index (χ0n) is 8.98. The molecule has 0 saturated carbocycles. The molecule has 5 heteroatoms. The summed E-state index contributed by atoms with van der Waals surface area (Å²) in [4.78, 5) is 11.4. The predicted octanol–water partition coefficient (Wildman–Crippen LogP) is 2.44. The number of aromatic amines is 1. The molecule has 0 aliphatic carbocycles. The minimum atomic E-state index is 0.618. The fourth-order valence-electron chi connectivity index (χ4n) is 1.41. The number of nitrogens with zero attached hydrogens (tertiary/aromatic N) is 3. The second-order valence-electron chi connectivity index (χ2n) is 3.37. The van der Waals surface area contributed by atoms with Crippen LogP contribution < -0.4 is 0 Å². The maximum Gasteiger partial charge on any atom is 0.171 e. The molecule has 1 N–H and O–H groups in total. The van der Waals surface area contributed by atoms with Crippen LogP contribution in [0.25, 0.3) is 0 Å². The third kappa shape index (κ3) is 2.07. The number of nitrogens with one attached hydrogen (secondary N) is 1. The lowest BCUT2D eigenvalue weighted by atomic mass is 10.1. The van der Waals surface area contributed by atoms with Crippen LogP contribution in [-0.2, 0) is 0 Å². The smallest absolute Gasteiger partial charge is 0.171 e. The molecule has 0 bridgehead atoms. The van der Waals surface area contributed by atoms with Gasteiger partial charge in [-0.25, -0.2) is 9.97 Å². The van der Waals surface area contributed by atoms with Gasteiger partial charge < -0.3 is 4.98 Å². The molecule has 0 saturated heterocycles. The molecular weight excluding hydrogens is 220 g/mol. The standard InChI is InChI=1S/C11H10N4S/c1-7-5-8(2)15-10(9(7)6-12)16-11-13-3-4-14-11/h3-5H,1-2H3,(H,13,14). The molecule has 2 rings (SSSR count). The number of pyridine rings is 1. The van der Waals surface area contributed by atoms with Crippen molar-refractivity contribution in [2.75, 3.05) is 0 Å². The molecule has 0 aromatic carbocycles. The highest BCUT2D eigenvalue weighted by Crippen LogP contribution is 2.27. The number of aryl methyl sites for hydroxylation is 2. The molecule has 0 aliphatic heterocycles. The van der Waals surface area contributed by atoms with Crippen molar-refractivity contribution < 1.29 is 0 Å². The van der Waals surface area contributed by atoms with Gasteiger partial charge in [-0.3, -0.25) is 0 Å². The Morgan fingerprint density at radius 3 is 2.88 bits per heavy atom. The molecule has 4 nitrogen and oxygen atoms in total. The van der Waals surface area contributed by atoms with Crippen LogP contribution in [0.2, 0.25) is 0 Å². The van der Waals surface area contributed by atoms with E-state index in [2.05, 4.69) is 21.0 Å². The fraction of sp³-hybridized carbons (Fsp3) is 0.182. The number of nitriles is 1. The van der Waals surface area contributed by atoms with Crippen molar-refractivity contribution in [3.63, 3.8) is 0 Å². The molecule has 0 fully saturated rings. The average Bonchev–Trinajstić information content (AvgIpc) is 2.70. The zero-order chi connectivity index (χ0) is 11.5. The summed E-state index contributed by atoms with van der Waals surface area (Å²) in [6, 6.07) is 4.09. The maximum absolute atomic E-state index is 9.08. The Morgan fingerprint density at radius 2 is 2.25 bits per heavy atom. The molecule has 0 atom stereocenters. The van der Waals surface area contributed by atoms with Gasteiger partial charge in [-0.05, 0) is 37.2 Å². The third-order valence-corrected chi connectivity index (χ3v) is 3.00. The van der Waals surface area contributed by atoms with Crippen molar-refractivity contribution in [1.82, 2.24) is 15.0 Å². The molecular formula is C11H10N4S. The van der Waals surface area contributed by atoms with Crippen molar-refractivity contribution in [2.24, 2.45) is 0 Å². The number of aromatic nitrogens is 3. The van der Waals surface area contributed by atoms with E-state index in [4.69, 9.17) is 5.26 Å². The first-order chi connectivity index (χ1) is 7.70. The second kappa shape index (κ2) is 4.37. The zero-order valence-corrected chi connectivity index (χ0v) is 9.80. The molecule has 80 valence electrons. The average molecular weight is 230 g/mol. The van der Waals surface area contributed by atoms with E-state index < -0.39 is 0 Å². The molecule has 16 heavy (non-hydrogen) atoms. The van der Waals surface area contributed by atoms with E-state index in [0.29, 0.717) is 10.6 Å². The number of hydrogen-bond acceptors (Lipinski definition) is 4. The van der Waals surface area contributed by atoms with Gasteiger partial charge in [-0.1, -0.05) is 0 Å². The maximum atomic E-state index is 9.08. The Morgan fingerprint density at radius 1 is 1.44 bits per heavy atom. The quantitative estimate of drug-likeness (QED) is 0.860. The van der Waals surface area contributed by atoms with Crippen molar-refractivity contribution >= 4 is 11.8 Å². The van der Waals surface area contributed by atoms with Gasteiger partial charge in [-0.2, -0.15) is 5.26 Å². The van der Waals surface area contributed by atoms with E-state index >= 15 is 0 Å². The highest BCUT2D eigenvalue weighted by molar-refractivity contribution is 7.99. The largest absolute Gasteiger partial charge is 0.339 e. The number of hydrogen-bond donors (Lipinski definition) is 1. The normalized spacial score (nSPS) is 10.1. The first-order valence-corrected chi connectivity index (χ1v) is 5.58. The Kier molecular flexibility index (Phi) is 2.93. The summed E-state index contributed by atoms with van der Waals surface area (Å²) in [5, 5.41) is 10.5. The summed E-state index contributed by atoms with van der Waals surface area (Å²) in [6.45, 7) is 3.83. The first-order valence-electron chi connectivity index (χ1n) is 4.76. The Bertz CT molecular complexity index is 540. The van der Waals surface area contributed by atoms with Gasteiger partial charge in [0.1, 0.15) is 11.1 Å². The molecule has 2 aromatic rings. The monoisotopic (exact) mass is 230 g/mol. The molecule has 0 radical (unpaired) electrons. The molecule has 0 unspecified atom stereocenters. The Labute approximate surface area is 97.7 Å². The minimum Gasteiger partial charge on any atom is -0.339 e. The van der Waals surface area contributed by atoms with Crippen LogP contribution in [0.1, 0.15) is 16.8 Å². The van der Waals surface area contributed by atoms with E-state index in [9.17, 15) is 0 Å². The second-order valence-corrected chi connectivity index (χ2v) is 4.35. The van der Waals surface area contributed by atoms with Gasteiger partial charge in [0.25, 0.3) is 0 Å². The van der Waals surface area contributed by atoms with Crippen LogP contribution in [0, 0.1) is 25.2 Å². The summed E-state index contributed by atoms with van der Waals surface area (Å²) in [5.74, 6) is 0. The van der Waals surface area contributed by atoms with Crippen LogP contribution in [0.3, 0.4) is 0 Å². The highest BCUT2D eigenvalue weighted by atomic mass is 32.2. The fourth-order valence-corrected chi connectivity index (χ4v) is 2.33. The molecule has 0 aliphatic rings. The summed E-state index contributed by atoms with van der Waals surface area (Å²) >= 11 is 1.37. The number of H-pyrrole nitrogens is 1. The molecule has 0 spiro atoms. The van der Waals surface area contributed by atoms with Gasteiger partial charge in [0.15, 0.2) is 5.16 Å². The summed E-state index contributed by atoms with van der Waals surface area (Å²) in [5.41, 5.74) is 2.47. The molecule has 2 aromatic heterocycles. The molecule has 0 amide bonds. The van der Waals surface area contributed by atoms with Crippen LogP contribution in [0.5, 0.6) is 0 Å². The molecule has 2 heterocycles. The van der Waals surface area contributed by atoms with Crippen molar-refractivity contribution in [2.45, 2.75) is 24.0 Å². The van der Waals surface area contributed by atoms with E-state index in [0.717, 1.165) is 16.4 Å². The lowest BCUT2D eigenvalue weighted by Crippen LogP contribution is -1.94. The number of imidazole rings is 1. The van der Waals surface area contributed by atoms with Crippen molar-refractivity contribution in [3.8, 4) is 6.07 Å². The van der Waals surface area contributed by atoms with Gasteiger partial charge in [0, 0.05) is 18.1 Å². The SMILES string of the molecule is Cc1cc(C)c(C#N)c(Sc2ncc[nH]2)n1. The number of rotatable bonds is 2. The van der Waals surface area contributed by atoms with Gasteiger partial charge in [-0.15, -0.1) is 0 Å². The third-order valence-electron chi connectivity index (χ3n) is 2.09. The summed E-state index contributed by atoms with van der Waals surface area (Å²) < 4.78 is 0. The van der Waals surface area contributed by atoms with E-state index in [1.54, 1.807) is 12.4 Å².